The Hall–Kier alpha value is -4.09. The van der Waals surface area contributed by atoms with Crippen molar-refractivity contribution in [3.8, 4) is 0 Å². The van der Waals surface area contributed by atoms with Gasteiger partial charge in [-0.15, -0.1) is 10.2 Å². The number of hydrogen-bond acceptors (Lipinski definition) is 6. The van der Waals surface area contributed by atoms with E-state index in [0.717, 1.165) is 37.0 Å². The van der Waals surface area contributed by atoms with Gasteiger partial charge in [0, 0.05) is 11.1 Å². The minimum atomic E-state index is -4.48. The lowest BCUT2D eigenvalue weighted by Gasteiger charge is -2.46. The molecule has 2 aromatic carbocycles. The van der Waals surface area contributed by atoms with Gasteiger partial charge in [0.2, 0.25) is 0 Å². The van der Waals surface area contributed by atoms with Gasteiger partial charge in [0.15, 0.2) is 5.82 Å². The van der Waals surface area contributed by atoms with Crippen LogP contribution >= 0.6 is 0 Å². The first-order valence-electron chi connectivity index (χ1n) is 15.9. The maximum atomic E-state index is 14.5. The Bertz CT molecular complexity index is 1540. The summed E-state index contributed by atoms with van der Waals surface area (Å²) in [6.07, 6.45) is 0.144. The number of H-pyrrole nitrogens is 1. The molecule has 1 aliphatic heterocycles. The molecule has 246 valence electrons. The molecule has 0 saturated heterocycles. The molecule has 2 amide bonds. The smallest absolute Gasteiger partial charge is 0.345 e. The van der Waals surface area contributed by atoms with E-state index >= 15 is 0 Å². The van der Waals surface area contributed by atoms with Crippen molar-refractivity contribution >= 4 is 17.5 Å². The molecule has 1 aromatic heterocycles. The Morgan fingerprint density at radius 2 is 1.70 bits per heavy atom. The predicted octanol–water partition coefficient (Wildman–Crippen LogP) is 6.89. The molecular formula is C34H42F3N7O2. The maximum Gasteiger partial charge on any atom is 0.416 e. The van der Waals surface area contributed by atoms with Crippen LogP contribution in [0.3, 0.4) is 0 Å². The summed E-state index contributed by atoms with van der Waals surface area (Å²) in [4.78, 5) is 34.3. The first kappa shape index (κ1) is 33.3. The van der Waals surface area contributed by atoms with Gasteiger partial charge in [-0.25, -0.2) is 0 Å². The van der Waals surface area contributed by atoms with Gasteiger partial charge in [0.25, 0.3) is 11.8 Å². The monoisotopic (exact) mass is 637 g/mol. The molecule has 3 aromatic rings. The number of nitrogens with zero attached hydrogens (tertiary/aromatic N) is 5. The number of nitrogens with one attached hydrogen (secondary N) is 2. The molecule has 2 N–H and O–H groups in total. The first-order valence-corrected chi connectivity index (χ1v) is 15.9. The average Bonchev–Trinajstić information content (AvgIpc) is 3.62. The third-order valence-electron chi connectivity index (χ3n) is 9.28. The van der Waals surface area contributed by atoms with E-state index in [1.807, 2.05) is 17.0 Å². The van der Waals surface area contributed by atoms with Crippen molar-refractivity contribution in [2.45, 2.75) is 97.6 Å². The van der Waals surface area contributed by atoms with Crippen molar-refractivity contribution < 1.29 is 22.8 Å². The lowest BCUT2D eigenvalue weighted by Crippen LogP contribution is -2.51. The SMILES string of the molecule is CC(C)C1CCC2(CC1)N=C(c1ccc(C(F)(F)F)cc1)C(=O)N2[C@H](CCC(C)(C)C)c1ccc(C(=O)NCc2nn[nH]n2)cc1. The van der Waals surface area contributed by atoms with Crippen molar-refractivity contribution in [3.05, 3.63) is 76.6 Å². The number of aromatic nitrogens is 4. The fourth-order valence-corrected chi connectivity index (χ4v) is 6.56. The number of carbonyl (C=O) groups is 2. The highest BCUT2D eigenvalue weighted by molar-refractivity contribution is 6.46. The van der Waals surface area contributed by atoms with Crippen LogP contribution in [0.1, 0.15) is 112 Å². The highest BCUT2D eigenvalue weighted by Gasteiger charge is 2.52. The van der Waals surface area contributed by atoms with Crippen molar-refractivity contribution in [2.75, 3.05) is 0 Å². The van der Waals surface area contributed by atoms with Gasteiger partial charge in [-0.1, -0.05) is 64.1 Å². The number of halogens is 3. The first-order chi connectivity index (χ1) is 21.7. The van der Waals surface area contributed by atoms with Crippen molar-refractivity contribution in [2.24, 2.45) is 22.2 Å². The summed E-state index contributed by atoms with van der Waals surface area (Å²) >= 11 is 0. The molecule has 5 rings (SSSR count). The Kier molecular flexibility index (Phi) is 9.38. The molecule has 1 atom stereocenters. The molecule has 1 fully saturated rings. The van der Waals surface area contributed by atoms with Crippen LogP contribution in [0.15, 0.2) is 53.5 Å². The molecule has 2 heterocycles. The van der Waals surface area contributed by atoms with E-state index in [1.165, 1.54) is 12.1 Å². The standard InChI is InChI=1S/C34H42F3N7O2/c1-21(2)22-14-18-33(19-15-22)39-29(24-10-12-26(13-11-24)34(35,36)37)31(46)44(33)27(16-17-32(3,4)5)23-6-8-25(9-7-23)30(45)38-20-28-40-42-43-41-28/h6-13,21-22,27H,14-20H2,1-5H3,(H,38,45)(H,40,41,42,43)/t22?,27-,33?/m1/s1. The minimum Gasteiger partial charge on any atom is -0.345 e. The summed E-state index contributed by atoms with van der Waals surface area (Å²) in [5.74, 6) is 0.795. The third-order valence-corrected chi connectivity index (χ3v) is 9.28. The summed E-state index contributed by atoms with van der Waals surface area (Å²) < 4.78 is 40.0. The molecule has 1 spiro atoms. The predicted molar refractivity (Wildman–Crippen MR) is 168 cm³/mol. The van der Waals surface area contributed by atoms with E-state index in [4.69, 9.17) is 4.99 Å². The maximum absolute atomic E-state index is 14.5. The zero-order valence-corrected chi connectivity index (χ0v) is 27.0. The molecule has 9 nitrogen and oxygen atoms in total. The van der Waals surface area contributed by atoms with Gasteiger partial charge in [0.05, 0.1) is 18.2 Å². The molecule has 1 saturated carbocycles. The fourth-order valence-electron chi connectivity index (χ4n) is 6.56. The Labute approximate surface area is 267 Å². The third kappa shape index (κ3) is 7.31. The summed E-state index contributed by atoms with van der Waals surface area (Å²) in [5, 5.41) is 16.3. The number of aromatic amines is 1. The second-order valence-corrected chi connectivity index (χ2v) is 14.0. The van der Waals surface area contributed by atoms with E-state index in [1.54, 1.807) is 12.1 Å². The molecule has 0 unspecified atom stereocenters. The highest BCUT2D eigenvalue weighted by atomic mass is 19.4. The van der Waals surface area contributed by atoms with Gasteiger partial charge in [-0.2, -0.15) is 18.4 Å². The summed E-state index contributed by atoms with van der Waals surface area (Å²) in [6.45, 7) is 11.0. The van der Waals surface area contributed by atoms with Crippen LogP contribution < -0.4 is 5.32 Å². The Morgan fingerprint density at radius 1 is 1.04 bits per heavy atom. The number of amides is 2. The number of alkyl halides is 3. The number of tetrazole rings is 1. The van der Waals surface area contributed by atoms with Crippen LogP contribution in [0.2, 0.25) is 0 Å². The lowest BCUT2D eigenvalue weighted by atomic mass is 9.75. The van der Waals surface area contributed by atoms with Gasteiger partial charge in [-0.3, -0.25) is 14.6 Å². The molecule has 0 bridgehead atoms. The zero-order chi connectivity index (χ0) is 33.3. The molecule has 2 aliphatic rings. The summed E-state index contributed by atoms with van der Waals surface area (Å²) in [7, 11) is 0. The van der Waals surface area contributed by atoms with Gasteiger partial charge in [0.1, 0.15) is 11.4 Å². The molecule has 0 radical (unpaired) electrons. The molecule has 46 heavy (non-hydrogen) atoms. The van der Waals surface area contributed by atoms with E-state index in [0.29, 0.717) is 48.0 Å². The zero-order valence-electron chi connectivity index (χ0n) is 27.0. The topological polar surface area (TPSA) is 116 Å². The van der Waals surface area contributed by atoms with E-state index in [-0.39, 0.29) is 35.5 Å². The van der Waals surface area contributed by atoms with Crippen LogP contribution in [0, 0.1) is 17.3 Å². The largest absolute Gasteiger partial charge is 0.416 e. The normalized spacial score (nSPS) is 21.2. The van der Waals surface area contributed by atoms with Crippen LogP contribution in [-0.2, 0) is 17.5 Å². The summed E-state index contributed by atoms with van der Waals surface area (Å²) in [5.41, 5.74) is 0.323. The van der Waals surface area contributed by atoms with Crippen LogP contribution in [0.25, 0.3) is 0 Å². The van der Waals surface area contributed by atoms with Crippen molar-refractivity contribution in [1.29, 1.82) is 0 Å². The number of hydrogen-bond donors (Lipinski definition) is 2. The molecule has 12 heteroatoms. The lowest BCUT2D eigenvalue weighted by molar-refractivity contribution is -0.137. The van der Waals surface area contributed by atoms with Crippen molar-refractivity contribution in [3.63, 3.8) is 0 Å². The van der Waals surface area contributed by atoms with Crippen LogP contribution in [0.5, 0.6) is 0 Å². The van der Waals surface area contributed by atoms with Gasteiger partial charge < -0.3 is 10.2 Å². The number of rotatable bonds is 9. The van der Waals surface area contributed by atoms with Crippen LogP contribution in [0.4, 0.5) is 13.2 Å². The fraction of sp³-hybridized carbons (Fsp3) is 0.529. The Morgan fingerprint density at radius 3 is 2.24 bits per heavy atom. The number of benzene rings is 2. The van der Waals surface area contributed by atoms with Gasteiger partial charge in [-0.05, 0) is 85.6 Å². The quantitative estimate of drug-likeness (QED) is 0.265. The number of carbonyl (C=O) groups excluding carboxylic acids is 2. The second kappa shape index (κ2) is 13.0. The highest BCUT2D eigenvalue weighted by Crippen LogP contribution is 2.48. The number of aliphatic imine (C=N–C) groups is 1. The van der Waals surface area contributed by atoms with E-state index in [2.05, 4.69) is 60.6 Å². The van der Waals surface area contributed by atoms with Gasteiger partial charge >= 0.3 is 6.18 Å². The molecule has 1 aliphatic carbocycles. The average molecular weight is 638 g/mol. The second-order valence-electron chi connectivity index (χ2n) is 14.0. The Balaban J connectivity index is 1.49. The summed E-state index contributed by atoms with van der Waals surface area (Å²) in [6, 6.07) is 11.6. The van der Waals surface area contributed by atoms with E-state index < -0.39 is 17.4 Å². The van der Waals surface area contributed by atoms with Crippen molar-refractivity contribution in [1.82, 2.24) is 30.8 Å². The van der Waals surface area contributed by atoms with E-state index in [9.17, 15) is 22.8 Å². The minimum absolute atomic E-state index is 0.0183. The van der Waals surface area contributed by atoms with Crippen LogP contribution in [-0.4, -0.2) is 48.7 Å². The molecular weight excluding hydrogens is 595 g/mol.